The Hall–Kier alpha value is -6.88. The Kier molecular flexibility index (Phi) is 24.0. The zero-order valence-electron chi connectivity index (χ0n) is 46.2. The van der Waals surface area contributed by atoms with Gasteiger partial charge in [-0.15, -0.1) is 0 Å². The second-order valence-electron chi connectivity index (χ2n) is 19.7. The van der Waals surface area contributed by atoms with E-state index in [4.69, 9.17) is 0 Å². The summed E-state index contributed by atoms with van der Waals surface area (Å²) in [5, 5.41) is 20.8. The summed E-state index contributed by atoms with van der Waals surface area (Å²) < 4.78 is 109. The van der Waals surface area contributed by atoms with Crippen LogP contribution in [-0.4, -0.2) is 104 Å². The lowest BCUT2D eigenvalue weighted by Gasteiger charge is -2.30. The molecule has 0 spiro atoms. The van der Waals surface area contributed by atoms with Crippen LogP contribution in [0.3, 0.4) is 0 Å². The van der Waals surface area contributed by atoms with E-state index in [1.165, 1.54) is 47.7 Å². The molecule has 4 unspecified atom stereocenters. The lowest BCUT2D eigenvalue weighted by molar-refractivity contribution is -0.159. The predicted octanol–water partition coefficient (Wildman–Crippen LogP) is 10.3. The van der Waals surface area contributed by atoms with Crippen molar-refractivity contribution in [1.82, 2.24) is 40.4 Å². The largest absolute Gasteiger partial charge is 0.406 e. The number of carbonyl (C=O) groups excluding carboxylic acids is 6. The molecular formula is C55H74F8N10O6. The normalized spacial score (nSPS) is 15.6. The van der Waals surface area contributed by atoms with Gasteiger partial charge in [-0.1, -0.05) is 52.4 Å². The summed E-state index contributed by atoms with van der Waals surface area (Å²) in [4.78, 5) is 78.0. The Morgan fingerprint density at radius 3 is 1.38 bits per heavy atom. The van der Waals surface area contributed by atoms with Crippen molar-refractivity contribution in [3.8, 4) is 0 Å². The molecule has 2 aliphatic rings. The van der Waals surface area contributed by atoms with E-state index in [9.17, 15) is 55.1 Å². The second kappa shape index (κ2) is 29.4. The van der Waals surface area contributed by atoms with Gasteiger partial charge in [0.25, 0.3) is 11.8 Å². The van der Waals surface area contributed by atoms with Gasteiger partial charge < -0.3 is 31.5 Å². The first-order valence-electron chi connectivity index (χ1n) is 26.8. The van der Waals surface area contributed by atoms with Crippen LogP contribution < -0.4 is 26.6 Å². The third-order valence-corrected chi connectivity index (χ3v) is 14.1. The molecule has 4 atom stereocenters. The summed E-state index contributed by atoms with van der Waals surface area (Å²) in [5.41, 5.74) is 1.60. The van der Waals surface area contributed by atoms with Crippen molar-refractivity contribution < 1.29 is 63.9 Å². The molecule has 6 rings (SSSR count). The fourth-order valence-corrected chi connectivity index (χ4v) is 9.95. The minimum Gasteiger partial charge on any atom is -0.346 e. The number of nitrogens with zero attached hydrogens (tertiary/aromatic N) is 5. The van der Waals surface area contributed by atoms with Crippen LogP contribution in [-0.2, 0) is 32.3 Å². The van der Waals surface area contributed by atoms with Gasteiger partial charge >= 0.3 is 12.4 Å². The number of amides is 6. The first-order chi connectivity index (χ1) is 37.2. The van der Waals surface area contributed by atoms with Crippen molar-refractivity contribution in [1.29, 1.82) is 0 Å². The van der Waals surface area contributed by atoms with Crippen LogP contribution in [0.15, 0.2) is 48.8 Å². The summed E-state index contributed by atoms with van der Waals surface area (Å²) in [6.07, 6.45) is 2.52. The maximum absolute atomic E-state index is 15.2. The molecule has 0 bridgehead atoms. The number of carbonyl (C=O) groups is 6. The van der Waals surface area contributed by atoms with Gasteiger partial charge in [-0.05, 0) is 138 Å². The van der Waals surface area contributed by atoms with Crippen LogP contribution >= 0.6 is 0 Å². The van der Waals surface area contributed by atoms with Gasteiger partial charge in [-0.3, -0.25) is 38.1 Å². The molecule has 79 heavy (non-hydrogen) atoms. The number of nitrogens with one attached hydrogen (secondary N) is 5. The third-order valence-electron chi connectivity index (χ3n) is 14.1. The Morgan fingerprint density at radius 2 is 1.01 bits per heavy atom. The molecule has 2 aromatic heterocycles. The summed E-state index contributed by atoms with van der Waals surface area (Å²) in [6.45, 7) is 11.7. The summed E-state index contributed by atoms with van der Waals surface area (Å²) in [7, 11) is 1.04. The van der Waals surface area contributed by atoms with Crippen molar-refractivity contribution in [3.63, 3.8) is 0 Å². The van der Waals surface area contributed by atoms with E-state index < -0.39 is 96.4 Å². The number of rotatable bonds is 18. The fraction of sp³-hybridized carbons (Fsp3) is 0.564. The van der Waals surface area contributed by atoms with E-state index in [0.29, 0.717) is 40.5 Å². The zero-order valence-corrected chi connectivity index (χ0v) is 46.2. The average Bonchev–Trinajstić information content (AvgIpc) is 4.11. The molecule has 2 saturated carbocycles. The highest BCUT2D eigenvalue weighted by Gasteiger charge is 2.37. The van der Waals surface area contributed by atoms with Crippen molar-refractivity contribution in [2.75, 3.05) is 30.8 Å². The number of hydrogen-bond donors (Lipinski definition) is 5. The number of benzene rings is 2. The molecule has 436 valence electrons. The van der Waals surface area contributed by atoms with E-state index in [-0.39, 0.29) is 34.3 Å². The summed E-state index contributed by atoms with van der Waals surface area (Å²) >= 11 is 0. The van der Waals surface area contributed by atoms with Gasteiger partial charge in [0.15, 0.2) is 0 Å². The second-order valence-corrected chi connectivity index (χ2v) is 19.7. The molecule has 0 radical (unpaired) electrons. The molecule has 2 aromatic carbocycles. The van der Waals surface area contributed by atoms with Gasteiger partial charge in [-0.25, -0.2) is 8.78 Å². The van der Waals surface area contributed by atoms with Gasteiger partial charge in [0.05, 0.1) is 23.2 Å². The predicted molar refractivity (Wildman–Crippen MR) is 282 cm³/mol. The maximum Gasteiger partial charge on any atom is 0.406 e. The molecule has 2 aliphatic carbocycles. The topological polar surface area (TPSA) is 201 Å². The molecule has 24 heteroatoms. The van der Waals surface area contributed by atoms with Gasteiger partial charge in [0, 0.05) is 32.5 Å². The molecule has 2 heterocycles. The highest BCUT2D eigenvalue weighted by molar-refractivity contribution is 6.02. The van der Waals surface area contributed by atoms with Crippen molar-refractivity contribution in [3.05, 3.63) is 94.1 Å². The fourth-order valence-electron chi connectivity index (χ4n) is 9.95. The van der Waals surface area contributed by atoms with E-state index in [1.807, 2.05) is 27.7 Å². The number of hydrogen-bond acceptors (Lipinski definition) is 8. The standard InChI is InChI=1S/C27H35F4N5O3.C26H33F4N5O3.C2H6/c1-5-36-22(11-12-32-36)24(37)34-23(18-9-7-6-8-10-18)25(38)33-21-13-16(2)19(14-20(21)28)17(3)26(39)35(4)15-27(29,30)31;1-4-35-21(10-11-32-35)24(37)34-22(17-8-6-5-7-9-17)25(38)33-20-12-15(2)18(13-19(20)27)16(3)23(36)31-14-26(28,29)30;1-2/h11-14,17-18,23H,5-10,15H2,1-4H3,(H,33,38)(H,34,37);10-13,16-17,22H,4-9,14H2,1-3H3,(H,31,36)(H,33,38)(H,34,37);1-2H3. The number of halogens is 8. The van der Waals surface area contributed by atoms with Crippen LogP contribution in [0.2, 0.25) is 0 Å². The van der Waals surface area contributed by atoms with Crippen molar-refractivity contribution in [2.45, 2.75) is 169 Å². The van der Waals surface area contributed by atoms with Crippen LogP contribution in [0.25, 0.3) is 0 Å². The smallest absolute Gasteiger partial charge is 0.346 e. The quantitative estimate of drug-likeness (QED) is 0.0606. The van der Waals surface area contributed by atoms with Gasteiger partial charge in [0.1, 0.15) is 48.2 Å². The van der Waals surface area contributed by atoms with Crippen LogP contribution in [0.5, 0.6) is 0 Å². The van der Waals surface area contributed by atoms with Gasteiger partial charge in [0.2, 0.25) is 23.6 Å². The van der Waals surface area contributed by atoms with Crippen LogP contribution in [0.1, 0.15) is 161 Å². The molecule has 0 aliphatic heterocycles. The highest BCUT2D eigenvalue weighted by Crippen LogP contribution is 2.33. The Bertz CT molecular complexity index is 2710. The van der Waals surface area contributed by atoms with E-state index in [2.05, 4.69) is 31.5 Å². The third kappa shape index (κ3) is 18.3. The summed E-state index contributed by atoms with van der Waals surface area (Å²) in [6, 6.07) is 6.08. The Balaban J connectivity index is 0.000000330. The first kappa shape index (κ1) is 64.6. The Labute approximate surface area is 455 Å². The minimum atomic E-state index is -4.57. The SMILES string of the molecule is CC.CCn1nccc1C(=O)NC(C(=O)Nc1cc(C)c(C(C)C(=O)N(C)CC(F)(F)F)cc1F)C1CCCCC1.CCn1nccc1C(=O)NC(C(=O)Nc1cc(C)c(C(C)C(=O)NCC(F)(F)F)cc1F)C1CCCCC1. The minimum absolute atomic E-state index is 0.133. The molecule has 2 fully saturated rings. The van der Waals surface area contributed by atoms with Gasteiger partial charge in [-0.2, -0.15) is 36.5 Å². The number of aromatic nitrogens is 4. The van der Waals surface area contributed by atoms with Crippen LogP contribution in [0, 0.1) is 37.3 Å². The molecule has 0 saturated heterocycles. The maximum atomic E-state index is 15.2. The molecule has 4 aromatic rings. The number of anilines is 2. The lowest BCUT2D eigenvalue weighted by atomic mass is 9.83. The van der Waals surface area contributed by atoms with Crippen molar-refractivity contribution >= 4 is 46.8 Å². The number of alkyl halides is 6. The molecular weight excluding hydrogens is 1050 g/mol. The number of aryl methyl sites for hydroxylation is 4. The van der Waals surface area contributed by atoms with E-state index in [0.717, 1.165) is 83.4 Å². The monoisotopic (exact) mass is 1120 g/mol. The van der Waals surface area contributed by atoms with Crippen molar-refractivity contribution in [2.24, 2.45) is 11.8 Å². The summed E-state index contributed by atoms with van der Waals surface area (Å²) in [5.74, 6) is -7.78. The molecule has 6 amide bonds. The Morgan fingerprint density at radius 1 is 0.620 bits per heavy atom. The van der Waals surface area contributed by atoms with E-state index in [1.54, 1.807) is 31.3 Å². The average molecular weight is 1120 g/mol. The van der Waals surface area contributed by atoms with E-state index >= 15 is 8.78 Å². The zero-order chi connectivity index (χ0) is 58.9. The van der Waals surface area contributed by atoms with Crippen LogP contribution in [0.4, 0.5) is 46.5 Å². The molecule has 16 nitrogen and oxygen atoms in total. The lowest BCUT2D eigenvalue weighted by Crippen LogP contribution is -2.49. The highest BCUT2D eigenvalue weighted by atomic mass is 19.4. The first-order valence-corrected chi connectivity index (χ1v) is 26.8. The number of likely N-dealkylation sites (N-methyl/N-ethyl adjacent to an activating group) is 1. The molecule has 5 N–H and O–H groups in total.